The van der Waals surface area contributed by atoms with E-state index in [1.54, 1.807) is 44.4 Å². The maximum Gasteiger partial charge on any atom is 0.243 e. The van der Waals surface area contributed by atoms with Crippen LogP contribution in [0.1, 0.15) is 50.3 Å². The lowest BCUT2D eigenvalue weighted by molar-refractivity contribution is -0.141. The number of carbonyl (C=O) groups is 3. The Kier molecular flexibility index (Phi) is 9.40. The molecule has 10 nitrogen and oxygen atoms in total. The normalized spacial score (nSPS) is 24.8. The third-order valence-electron chi connectivity index (χ3n) is 7.63. The molecule has 1 aromatic heterocycles. The molecule has 4 rings (SSSR count). The number of hydrogen-bond acceptors (Lipinski definition) is 7. The van der Waals surface area contributed by atoms with E-state index >= 15 is 0 Å². The van der Waals surface area contributed by atoms with Crippen molar-refractivity contribution < 1.29 is 24.2 Å². The molecule has 2 aromatic rings. The summed E-state index contributed by atoms with van der Waals surface area (Å²) in [5.41, 5.74) is 1.60. The number of aryl methyl sites for hydroxylation is 1. The number of phenolic OH excluding ortho intramolecular Hbond substituents is 1. The van der Waals surface area contributed by atoms with E-state index in [1.165, 1.54) is 4.90 Å². The molecule has 2 heterocycles. The van der Waals surface area contributed by atoms with Gasteiger partial charge in [0.1, 0.15) is 30.2 Å². The van der Waals surface area contributed by atoms with Gasteiger partial charge in [-0.3, -0.25) is 19.4 Å². The van der Waals surface area contributed by atoms with Crippen LogP contribution >= 0.6 is 0 Å². The van der Waals surface area contributed by atoms with Crippen molar-refractivity contribution in [2.45, 2.75) is 63.6 Å². The molecule has 10 heteroatoms. The largest absolute Gasteiger partial charge is 0.508 e. The van der Waals surface area contributed by atoms with Crippen molar-refractivity contribution in [1.82, 2.24) is 25.8 Å². The monoisotopic (exact) mass is 537 g/mol. The number of nitrogens with one attached hydrogen (secondary N) is 3. The fourth-order valence-electron chi connectivity index (χ4n) is 4.83. The zero-order valence-electron chi connectivity index (χ0n) is 22.9. The summed E-state index contributed by atoms with van der Waals surface area (Å²) in [4.78, 5) is 46.1. The molecule has 0 bridgehead atoms. The Labute approximate surface area is 229 Å². The lowest BCUT2D eigenvalue weighted by Crippen LogP contribution is -2.57. The van der Waals surface area contributed by atoms with Crippen LogP contribution in [0.15, 0.2) is 42.6 Å². The van der Waals surface area contributed by atoms with Crippen LogP contribution in [0.3, 0.4) is 0 Å². The van der Waals surface area contributed by atoms with Crippen LogP contribution in [-0.2, 0) is 20.8 Å². The SMILES string of the molecule is CC(c1ccc(O)cc1)[C@H]1NC(=O)[C@@H](C)N(C)C(=O)[C@H](C2CC2)NCCOc2cccnc2CCCNC1=O. The van der Waals surface area contributed by atoms with Crippen molar-refractivity contribution in [2.75, 3.05) is 26.7 Å². The number of benzene rings is 1. The molecule has 4 atom stereocenters. The molecule has 1 fully saturated rings. The Morgan fingerprint density at radius 2 is 1.82 bits per heavy atom. The predicted octanol–water partition coefficient (Wildman–Crippen LogP) is 1.73. The number of fused-ring (bicyclic) bond motifs is 1. The molecule has 4 N–H and O–H groups in total. The molecule has 0 saturated heterocycles. The summed E-state index contributed by atoms with van der Waals surface area (Å²) < 4.78 is 5.99. The molecule has 39 heavy (non-hydrogen) atoms. The van der Waals surface area contributed by atoms with Crippen LogP contribution in [0, 0.1) is 5.92 Å². The van der Waals surface area contributed by atoms with E-state index in [2.05, 4.69) is 20.9 Å². The highest BCUT2D eigenvalue weighted by molar-refractivity contribution is 5.93. The van der Waals surface area contributed by atoms with Gasteiger partial charge in [-0.1, -0.05) is 19.1 Å². The highest BCUT2D eigenvalue weighted by Crippen LogP contribution is 2.33. The minimum Gasteiger partial charge on any atom is -0.508 e. The third kappa shape index (κ3) is 7.26. The molecule has 0 radical (unpaired) electrons. The summed E-state index contributed by atoms with van der Waals surface area (Å²) in [7, 11) is 1.62. The number of carbonyl (C=O) groups excluding carboxylic acids is 3. The van der Waals surface area contributed by atoms with Crippen molar-refractivity contribution in [3.8, 4) is 11.5 Å². The van der Waals surface area contributed by atoms with Crippen LogP contribution in [0.2, 0.25) is 0 Å². The molecule has 1 aliphatic carbocycles. The number of hydrogen-bond donors (Lipinski definition) is 4. The second-order valence-electron chi connectivity index (χ2n) is 10.5. The average molecular weight is 538 g/mol. The zero-order valence-corrected chi connectivity index (χ0v) is 22.9. The Balaban J connectivity index is 1.57. The van der Waals surface area contributed by atoms with Gasteiger partial charge >= 0.3 is 0 Å². The summed E-state index contributed by atoms with van der Waals surface area (Å²) in [5, 5.41) is 18.9. The lowest BCUT2D eigenvalue weighted by Gasteiger charge is -2.31. The number of phenols is 1. The van der Waals surface area contributed by atoms with Gasteiger partial charge in [0.25, 0.3) is 0 Å². The van der Waals surface area contributed by atoms with E-state index in [4.69, 9.17) is 4.74 Å². The van der Waals surface area contributed by atoms with Gasteiger partial charge < -0.3 is 30.7 Å². The smallest absolute Gasteiger partial charge is 0.243 e. The van der Waals surface area contributed by atoms with Crippen molar-refractivity contribution in [1.29, 1.82) is 0 Å². The van der Waals surface area contributed by atoms with Crippen molar-refractivity contribution in [2.24, 2.45) is 5.92 Å². The minimum absolute atomic E-state index is 0.120. The summed E-state index contributed by atoms with van der Waals surface area (Å²) in [6.07, 6.45) is 4.88. The highest BCUT2D eigenvalue weighted by Gasteiger charge is 2.39. The number of pyridine rings is 1. The second kappa shape index (κ2) is 12.9. The topological polar surface area (TPSA) is 133 Å². The molecule has 1 unspecified atom stereocenters. The van der Waals surface area contributed by atoms with Gasteiger partial charge in [0.05, 0.1) is 11.7 Å². The number of ether oxygens (including phenoxy) is 1. The minimum atomic E-state index is -0.877. The molecule has 1 aromatic carbocycles. The summed E-state index contributed by atoms with van der Waals surface area (Å²) >= 11 is 0. The first-order valence-electron chi connectivity index (χ1n) is 13.7. The number of rotatable bonds is 3. The van der Waals surface area contributed by atoms with Crippen LogP contribution < -0.4 is 20.7 Å². The number of nitrogens with zero attached hydrogens (tertiary/aromatic N) is 2. The average Bonchev–Trinajstić information content (AvgIpc) is 3.78. The van der Waals surface area contributed by atoms with E-state index in [0.29, 0.717) is 38.3 Å². The molecule has 2 aliphatic rings. The fraction of sp³-hybridized carbons (Fsp3) is 0.517. The summed E-state index contributed by atoms with van der Waals surface area (Å²) in [5.74, 6) is -0.230. The van der Waals surface area contributed by atoms with Crippen LogP contribution in [0.4, 0.5) is 0 Å². The Morgan fingerprint density at radius 1 is 1.08 bits per heavy atom. The lowest BCUT2D eigenvalue weighted by atomic mass is 9.92. The molecule has 1 aliphatic heterocycles. The van der Waals surface area contributed by atoms with Crippen molar-refractivity contribution >= 4 is 17.7 Å². The maximum atomic E-state index is 13.4. The highest BCUT2D eigenvalue weighted by atomic mass is 16.5. The van der Waals surface area contributed by atoms with Gasteiger partial charge in [0, 0.05) is 32.3 Å². The molecular formula is C29H39N5O5. The first kappa shape index (κ1) is 28.4. The van der Waals surface area contributed by atoms with E-state index in [9.17, 15) is 19.5 Å². The predicted molar refractivity (Wildman–Crippen MR) is 146 cm³/mol. The van der Waals surface area contributed by atoms with Crippen molar-refractivity contribution in [3.05, 3.63) is 53.9 Å². The molecule has 210 valence electrons. The van der Waals surface area contributed by atoms with E-state index in [-0.39, 0.29) is 29.4 Å². The number of aromatic nitrogens is 1. The second-order valence-corrected chi connectivity index (χ2v) is 10.5. The standard InChI is InChI=1S/C29H39N5O5/c1-18(20-10-12-22(35)13-11-20)25-28(37)32-15-4-6-23-24(7-5-14-30-23)39-17-16-31-26(21-8-9-21)29(38)34(3)19(2)27(36)33-25/h5,7,10-14,18-19,21,25-26,31,35H,4,6,8-9,15-17H2,1-3H3,(H,32,37)(H,33,36)/t18?,19-,25-,26+/m1/s1. The molecule has 1 saturated carbocycles. The molecule has 3 amide bonds. The van der Waals surface area contributed by atoms with Gasteiger partial charge in [0.15, 0.2) is 0 Å². The zero-order chi connectivity index (χ0) is 27.9. The fourth-order valence-corrected chi connectivity index (χ4v) is 4.83. The third-order valence-corrected chi connectivity index (χ3v) is 7.63. The number of aromatic hydroxyl groups is 1. The molecular weight excluding hydrogens is 498 g/mol. The number of likely N-dealkylation sites (N-methyl/N-ethyl adjacent to an activating group) is 1. The Bertz CT molecular complexity index is 1150. The Morgan fingerprint density at radius 3 is 2.54 bits per heavy atom. The van der Waals surface area contributed by atoms with Gasteiger partial charge in [0.2, 0.25) is 17.7 Å². The van der Waals surface area contributed by atoms with Gasteiger partial charge in [-0.25, -0.2) is 0 Å². The summed E-state index contributed by atoms with van der Waals surface area (Å²) in [6.45, 7) is 4.78. The van der Waals surface area contributed by atoms with Gasteiger partial charge in [-0.15, -0.1) is 0 Å². The maximum absolute atomic E-state index is 13.4. The van der Waals surface area contributed by atoms with Gasteiger partial charge in [-0.05, 0) is 68.4 Å². The van der Waals surface area contributed by atoms with Gasteiger partial charge in [-0.2, -0.15) is 0 Å². The first-order chi connectivity index (χ1) is 18.8. The van der Waals surface area contributed by atoms with E-state index in [1.807, 2.05) is 19.1 Å². The van der Waals surface area contributed by atoms with Crippen LogP contribution in [-0.4, -0.2) is 77.6 Å². The van der Waals surface area contributed by atoms with Crippen LogP contribution in [0.5, 0.6) is 11.5 Å². The van der Waals surface area contributed by atoms with E-state index < -0.39 is 24.0 Å². The number of amides is 3. The first-order valence-corrected chi connectivity index (χ1v) is 13.7. The van der Waals surface area contributed by atoms with Crippen LogP contribution in [0.25, 0.3) is 0 Å². The van der Waals surface area contributed by atoms with E-state index in [0.717, 1.165) is 24.1 Å². The quantitative estimate of drug-likeness (QED) is 0.469. The molecule has 0 spiro atoms. The van der Waals surface area contributed by atoms with Crippen molar-refractivity contribution in [3.63, 3.8) is 0 Å². The summed E-state index contributed by atoms with van der Waals surface area (Å²) in [6, 6.07) is 8.22. The Hall–Kier alpha value is -3.66.